The number of hydrogen-bond donors (Lipinski definition) is 2. The number of aliphatic hydroxyl groups is 1. The largest absolute Gasteiger partial charge is 0.390 e. The second-order valence-electron chi connectivity index (χ2n) is 7.78. The molecule has 2 heteroatoms. The Labute approximate surface area is 122 Å². The summed E-state index contributed by atoms with van der Waals surface area (Å²) < 4.78 is 0. The fraction of sp³-hybridized carbons (Fsp3) is 0.667. The molecule has 2 fully saturated rings. The van der Waals surface area contributed by atoms with Crippen LogP contribution in [0, 0.1) is 30.6 Å². The third-order valence-electron chi connectivity index (χ3n) is 6.36. The maximum Gasteiger partial charge on any atom is 0.0802 e. The number of aryl methyl sites for hydroxylation is 2. The molecule has 0 aliphatic heterocycles. The van der Waals surface area contributed by atoms with E-state index in [-0.39, 0.29) is 23.0 Å². The van der Waals surface area contributed by atoms with E-state index in [9.17, 15) is 5.11 Å². The highest BCUT2D eigenvalue weighted by atomic mass is 16.3. The Morgan fingerprint density at radius 3 is 2.20 bits per heavy atom. The maximum absolute atomic E-state index is 10.8. The van der Waals surface area contributed by atoms with Crippen LogP contribution in [0.1, 0.15) is 44.7 Å². The number of aliphatic hydroxyl groups excluding tert-OH is 1. The minimum absolute atomic E-state index is 0.0498. The van der Waals surface area contributed by atoms with Gasteiger partial charge < -0.3 is 10.4 Å². The lowest BCUT2D eigenvalue weighted by atomic mass is 9.70. The summed E-state index contributed by atoms with van der Waals surface area (Å²) in [5, 5.41) is 14.4. The van der Waals surface area contributed by atoms with Crippen LogP contribution in [0.5, 0.6) is 0 Å². The molecule has 0 amide bonds. The first-order valence-corrected chi connectivity index (χ1v) is 7.78. The van der Waals surface area contributed by atoms with Gasteiger partial charge in [-0.25, -0.2) is 0 Å². The van der Waals surface area contributed by atoms with Crippen LogP contribution < -0.4 is 5.32 Å². The lowest BCUT2D eigenvalue weighted by Gasteiger charge is -2.37. The predicted octanol–water partition coefficient (Wildman–Crippen LogP) is 3.90. The Balaban J connectivity index is 1.89. The molecule has 110 valence electrons. The van der Waals surface area contributed by atoms with Crippen LogP contribution in [0.2, 0.25) is 0 Å². The maximum atomic E-state index is 10.8. The van der Waals surface area contributed by atoms with Crippen molar-refractivity contribution in [3.05, 3.63) is 29.3 Å². The van der Waals surface area contributed by atoms with Gasteiger partial charge in [0, 0.05) is 11.1 Å². The van der Waals surface area contributed by atoms with E-state index in [4.69, 9.17) is 0 Å². The van der Waals surface area contributed by atoms with Crippen molar-refractivity contribution in [3.63, 3.8) is 0 Å². The molecule has 20 heavy (non-hydrogen) atoms. The summed E-state index contributed by atoms with van der Waals surface area (Å²) in [7, 11) is 0. The normalized spacial score (nSPS) is 38.2. The molecule has 1 aromatic rings. The van der Waals surface area contributed by atoms with E-state index in [2.05, 4.69) is 58.1 Å². The van der Waals surface area contributed by atoms with E-state index >= 15 is 0 Å². The number of rotatable bonds is 2. The van der Waals surface area contributed by atoms with Crippen molar-refractivity contribution in [2.24, 2.45) is 16.7 Å². The highest BCUT2D eigenvalue weighted by molar-refractivity contribution is 5.50. The molecule has 0 saturated heterocycles. The summed E-state index contributed by atoms with van der Waals surface area (Å²) in [4.78, 5) is 0. The first-order valence-electron chi connectivity index (χ1n) is 7.78. The molecule has 0 radical (unpaired) electrons. The van der Waals surface area contributed by atoms with Crippen LogP contribution in [-0.4, -0.2) is 17.3 Å². The van der Waals surface area contributed by atoms with Crippen molar-refractivity contribution in [1.82, 2.24) is 0 Å². The number of anilines is 1. The molecule has 2 bridgehead atoms. The third kappa shape index (κ3) is 1.74. The van der Waals surface area contributed by atoms with Crippen molar-refractivity contribution in [2.45, 2.75) is 59.6 Å². The molecule has 2 aliphatic rings. The van der Waals surface area contributed by atoms with E-state index in [1.54, 1.807) is 0 Å². The molecule has 4 atom stereocenters. The zero-order valence-corrected chi connectivity index (χ0v) is 13.3. The summed E-state index contributed by atoms with van der Waals surface area (Å²) in [6.07, 6.45) is 2.12. The average Bonchev–Trinajstić information content (AvgIpc) is 2.62. The van der Waals surface area contributed by atoms with Gasteiger partial charge in [-0.2, -0.15) is 0 Å². The summed E-state index contributed by atoms with van der Waals surface area (Å²) >= 11 is 0. The summed E-state index contributed by atoms with van der Waals surface area (Å²) in [6, 6.07) is 6.74. The molecule has 0 aromatic heterocycles. The van der Waals surface area contributed by atoms with E-state index in [0.717, 1.165) is 12.1 Å². The van der Waals surface area contributed by atoms with Crippen molar-refractivity contribution < 1.29 is 5.11 Å². The Bertz CT molecular complexity index is 516. The first-order chi connectivity index (χ1) is 9.25. The Morgan fingerprint density at radius 2 is 1.70 bits per heavy atom. The molecule has 4 unspecified atom stereocenters. The van der Waals surface area contributed by atoms with Crippen LogP contribution in [-0.2, 0) is 0 Å². The minimum atomic E-state index is -0.253. The summed E-state index contributed by atoms with van der Waals surface area (Å²) in [5.41, 5.74) is 3.96. The quantitative estimate of drug-likeness (QED) is 0.856. The first kappa shape index (κ1) is 13.9. The summed E-state index contributed by atoms with van der Waals surface area (Å²) in [6.45, 7) is 11.2. The van der Waals surface area contributed by atoms with Gasteiger partial charge in [0.15, 0.2) is 0 Å². The third-order valence-corrected chi connectivity index (χ3v) is 6.36. The molecule has 0 spiro atoms. The highest BCUT2D eigenvalue weighted by Gasteiger charge is 2.65. The highest BCUT2D eigenvalue weighted by Crippen LogP contribution is 2.65. The average molecular weight is 273 g/mol. The van der Waals surface area contributed by atoms with Crippen molar-refractivity contribution >= 4 is 5.69 Å². The van der Waals surface area contributed by atoms with Crippen molar-refractivity contribution in [1.29, 1.82) is 0 Å². The van der Waals surface area contributed by atoms with Gasteiger partial charge in [0.25, 0.3) is 0 Å². The monoisotopic (exact) mass is 273 g/mol. The Kier molecular flexibility index (Phi) is 2.95. The lowest BCUT2D eigenvalue weighted by molar-refractivity contribution is 0.00848. The smallest absolute Gasteiger partial charge is 0.0802 e. The predicted molar refractivity (Wildman–Crippen MR) is 83.9 cm³/mol. The van der Waals surface area contributed by atoms with Crippen LogP contribution in [0.25, 0.3) is 0 Å². The van der Waals surface area contributed by atoms with Gasteiger partial charge in [-0.05, 0) is 61.3 Å². The second-order valence-corrected chi connectivity index (χ2v) is 7.78. The van der Waals surface area contributed by atoms with Crippen LogP contribution >= 0.6 is 0 Å². The Morgan fingerprint density at radius 1 is 1.10 bits per heavy atom. The number of nitrogens with one attached hydrogen (secondary N) is 1. The number of fused-ring (bicyclic) bond motifs is 2. The molecule has 2 N–H and O–H groups in total. The van der Waals surface area contributed by atoms with Gasteiger partial charge in [-0.3, -0.25) is 0 Å². The van der Waals surface area contributed by atoms with Gasteiger partial charge in [0.05, 0.1) is 12.1 Å². The lowest BCUT2D eigenvalue weighted by Crippen LogP contribution is -2.43. The van der Waals surface area contributed by atoms with E-state index in [1.165, 1.54) is 17.5 Å². The van der Waals surface area contributed by atoms with Gasteiger partial charge in [-0.15, -0.1) is 0 Å². The topological polar surface area (TPSA) is 32.3 Å². The van der Waals surface area contributed by atoms with Gasteiger partial charge in [0.1, 0.15) is 0 Å². The van der Waals surface area contributed by atoms with Crippen LogP contribution in [0.15, 0.2) is 18.2 Å². The SMILES string of the molecule is Cc1cc(C)cc(NC2C3CCC(C)(C2O)C3(C)C)c1. The fourth-order valence-electron chi connectivity index (χ4n) is 4.77. The van der Waals surface area contributed by atoms with Crippen LogP contribution in [0.3, 0.4) is 0 Å². The number of hydrogen-bond acceptors (Lipinski definition) is 2. The minimum Gasteiger partial charge on any atom is -0.390 e. The van der Waals surface area contributed by atoms with E-state index < -0.39 is 0 Å². The zero-order valence-electron chi connectivity index (χ0n) is 13.3. The van der Waals surface area contributed by atoms with Crippen LogP contribution in [0.4, 0.5) is 5.69 Å². The summed E-state index contributed by atoms with van der Waals surface area (Å²) in [5.74, 6) is 0.559. The standard InChI is InChI=1S/C18H27NO/c1-11-8-12(2)10-13(9-11)19-15-14-6-7-18(5,16(15)20)17(14,3)4/h8-10,14-16,19-20H,6-7H2,1-5H3. The van der Waals surface area contributed by atoms with Gasteiger partial charge in [0.2, 0.25) is 0 Å². The second kappa shape index (κ2) is 4.24. The van der Waals surface area contributed by atoms with Gasteiger partial charge in [-0.1, -0.05) is 26.8 Å². The molecule has 2 aliphatic carbocycles. The van der Waals surface area contributed by atoms with E-state index in [0.29, 0.717) is 5.92 Å². The fourth-order valence-corrected chi connectivity index (χ4v) is 4.77. The zero-order chi connectivity index (χ0) is 14.7. The molecular formula is C18H27NO. The molecule has 1 aromatic carbocycles. The Hall–Kier alpha value is -1.02. The molecular weight excluding hydrogens is 246 g/mol. The van der Waals surface area contributed by atoms with Crippen molar-refractivity contribution in [3.8, 4) is 0 Å². The van der Waals surface area contributed by atoms with Crippen molar-refractivity contribution in [2.75, 3.05) is 5.32 Å². The van der Waals surface area contributed by atoms with E-state index in [1.807, 2.05) is 0 Å². The van der Waals surface area contributed by atoms with Gasteiger partial charge >= 0.3 is 0 Å². The molecule has 0 heterocycles. The molecule has 3 rings (SSSR count). The molecule has 2 nitrogen and oxygen atoms in total. The number of benzene rings is 1. The molecule has 2 saturated carbocycles.